The van der Waals surface area contributed by atoms with Gasteiger partial charge in [0.25, 0.3) is 0 Å². The highest BCUT2D eigenvalue weighted by atomic mass is 16.5. The van der Waals surface area contributed by atoms with E-state index in [9.17, 15) is 5.11 Å². The van der Waals surface area contributed by atoms with E-state index in [-0.39, 0.29) is 6.10 Å². The molecular weight excluding hydrogens is 238 g/mol. The van der Waals surface area contributed by atoms with Crippen LogP contribution >= 0.6 is 0 Å². The Labute approximate surface area is 116 Å². The average Bonchev–Trinajstić information content (AvgIpc) is 2.53. The van der Waals surface area contributed by atoms with Gasteiger partial charge < -0.3 is 15.2 Å². The van der Waals surface area contributed by atoms with Crippen LogP contribution in [0.5, 0.6) is 5.75 Å². The number of aryl methyl sites for hydroxylation is 2. The van der Waals surface area contributed by atoms with Crippen molar-refractivity contribution in [2.24, 2.45) is 0 Å². The Morgan fingerprint density at radius 1 is 1.37 bits per heavy atom. The molecule has 1 aliphatic rings. The highest BCUT2D eigenvalue weighted by Gasteiger charge is 2.20. The molecule has 1 aromatic rings. The Morgan fingerprint density at radius 3 is 2.84 bits per heavy atom. The summed E-state index contributed by atoms with van der Waals surface area (Å²) < 4.78 is 5.85. The van der Waals surface area contributed by atoms with Crippen LogP contribution in [-0.2, 0) is 0 Å². The summed E-state index contributed by atoms with van der Waals surface area (Å²) >= 11 is 0. The van der Waals surface area contributed by atoms with E-state index in [4.69, 9.17) is 4.74 Å². The molecular formula is C16H25NO2. The fourth-order valence-corrected chi connectivity index (χ4v) is 2.51. The lowest BCUT2D eigenvalue weighted by Gasteiger charge is -2.20. The minimum absolute atomic E-state index is 0.242. The summed E-state index contributed by atoms with van der Waals surface area (Å²) in [4.78, 5) is 0. The summed E-state index contributed by atoms with van der Waals surface area (Å²) in [6.07, 6.45) is 2.71. The topological polar surface area (TPSA) is 41.5 Å². The van der Waals surface area contributed by atoms with E-state index in [0.717, 1.165) is 38.2 Å². The summed E-state index contributed by atoms with van der Waals surface area (Å²) in [6.45, 7) is 7.74. The lowest BCUT2D eigenvalue weighted by atomic mass is 9.97. The van der Waals surface area contributed by atoms with Crippen molar-refractivity contribution >= 4 is 0 Å². The average molecular weight is 263 g/mol. The Kier molecular flexibility index (Phi) is 4.83. The molecule has 2 N–H and O–H groups in total. The number of hydrogen-bond acceptors (Lipinski definition) is 3. The van der Waals surface area contributed by atoms with Gasteiger partial charge in [-0.3, -0.25) is 0 Å². The number of hydrogen-bond donors (Lipinski definition) is 2. The van der Waals surface area contributed by atoms with Crippen LogP contribution in [0.4, 0.5) is 0 Å². The van der Waals surface area contributed by atoms with Gasteiger partial charge in [0.1, 0.15) is 5.75 Å². The first-order valence-corrected chi connectivity index (χ1v) is 7.23. The Hall–Kier alpha value is -1.06. The maximum absolute atomic E-state index is 9.35. The molecule has 19 heavy (non-hydrogen) atoms. The second-order valence-corrected chi connectivity index (χ2v) is 5.61. The third-order valence-corrected chi connectivity index (χ3v) is 3.85. The lowest BCUT2D eigenvalue weighted by molar-refractivity contribution is 0.182. The van der Waals surface area contributed by atoms with Crippen molar-refractivity contribution in [3.8, 4) is 5.75 Å². The number of ether oxygens (including phenoxy) is 1. The lowest BCUT2D eigenvalue weighted by Crippen LogP contribution is -2.24. The number of aliphatic hydroxyl groups is 1. The largest absolute Gasteiger partial charge is 0.493 e. The first-order valence-electron chi connectivity index (χ1n) is 7.23. The summed E-state index contributed by atoms with van der Waals surface area (Å²) in [6, 6.07) is 4.74. The van der Waals surface area contributed by atoms with Crippen LogP contribution in [0.3, 0.4) is 0 Å². The quantitative estimate of drug-likeness (QED) is 0.877. The van der Waals surface area contributed by atoms with Crippen LogP contribution in [-0.4, -0.2) is 24.4 Å². The molecule has 0 saturated heterocycles. The van der Waals surface area contributed by atoms with Crippen molar-refractivity contribution in [2.75, 3.05) is 13.2 Å². The highest BCUT2D eigenvalue weighted by molar-refractivity contribution is 5.44. The number of fused-ring (bicyclic) bond motifs is 1. The van der Waals surface area contributed by atoms with Gasteiger partial charge >= 0.3 is 0 Å². The van der Waals surface area contributed by atoms with Gasteiger partial charge in [0.05, 0.1) is 12.7 Å². The Balaban J connectivity index is 2.15. The normalized spacial score (nSPS) is 20.3. The zero-order valence-corrected chi connectivity index (χ0v) is 12.2. The van der Waals surface area contributed by atoms with E-state index in [1.807, 2.05) is 6.92 Å². The summed E-state index contributed by atoms with van der Waals surface area (Å²) in [5.74, 6) is 1.02. The summed E-state index contributed by atoms with van der Waals surface area (Å²) in [7, 11) is 0. The van der Waals surface area contributed by atoms with Gasteiger partial charge in [-0.2, -0.15) is 0 Å². The van der Waals surface area contributed by atoms with Crippen molar-refractivity contribution in [3.05, 3.63) is 28.8 Å². The van der Waals surface area contributed by atoms with E-state index in [2.05, 4.69) is 31.3 Å². The van der Waals surface area contributed by atoms with Crippen molar-refractivity contribution < 1.29 is 9.84 Å². The minimum Gasteiger partial charge on any atom is -0.493 e. The molecule has 1 aromatic carbocycles. The maximum Gasteiger partial charge on any atom is 0.124 e. The molecule has 2 atom stereocenters. The molecule has 0 saturated carbocycles. The second-order valence-electron chi connectivity index (χ2n) is 5.61. The van der Waals surface area contributed by atoms with Gasteiger partial charge in [0, 0.05) is 11.6 Å². The van der Waals surface area contributed by atoms with Crippen molar-refractivity contribution in [1.82, 2.24) is 5.32 Å². The van der Waals surface area contributed by atoms with Gasteiger partial charge in [-0.1, -0.05) is 6.07 Å². The van der Waals surface area contributed by atoms with Crippen LogP contribution < -0.4 is 10.1 Å². The minimum atomic E-state index is -0.242. The van der Waals surface area contributed by atoms with E-state index < -0.39 is 0 Å². The van der Waals surface area contributed by atoms with Crippen molar-refractivity contribution in [1.29, 1.82) is 0 Å². The van der Waals surface area contributed by atoms with Crippen molar-refractivity contribution in [2.45, 2.75) is 52.2 Å². The van der Waals surface area contributed by atoms with E-state index in [1.165, 1.54) is 16.7 Å². The zero-order chi connectivity index (χ0) is 13.8. The fraction of sp³-hybridized carbons (Fsp3) is 0.625. The third kappa shape index (κ3) is 3.71. The predicted octanol–water partition coefficient (Wildman–Crippen LogP) is 2.88. The van der Waals surface area contributed by atoms with Crippen LogP contribution in [0.25, 0.3) is 0 Å². The molecule has 3 heteroatoms. The van der Waals surface area contributed by atoms with Crippen LogP contribution in [0.1, 0.15) is 48.9 Å². The molecule has 0 aromatic heterocycles. The van der Waals surface area contributed by atoms with Crippen molar-refractivity contribution in [3.63, 3.8) is 0 Å². The number of benzene rings is 1. The van der Waals surface area contributed by atoms with Gasteiger partial charge in [0.2, 0.25) is 0 Å². The molecule has 2 rings (SSSR count). The molecule has 0 bridgehead atoms. The van der Waals surface area contributed by atoms with Gasteiger partial charge in [-0.05, 0) is 63.8 Å². The van der Waals surface area contributed by atoms with Crippen LogP contribution in [0, 0.1) is 13.8 Å². The molecule has 0 aliphatic carbocycles. The highest BCUT2D eigenvalue weighted by Crippen LogP contribution is 2.33. The predicted molar refractivity (Wildman–Crippen MR) is 77.7 cm³/mol. The molecule has 1 aliphatic heterocycles. The molecule has 0 spiro atoms. The molecule has 1 heterocycles. The third-order valence-electron chi connectivity index (χ3n) is 3.85. The summed E-state index contributed by atoms with van der Waals surface area (Å²) in [5, 5.41) is 12.9. The molecule has 106 valence electrons. The maximum atomic E-state index is 9.35. The smallest absolute Gasteiger partial charge is 0.124 e. The number of aliphatic hydroxyl groups excluding tert-OH is 1. The Morgan fingerprint density at radius 2 is 2.11 bits per heavy atom. The van der Waals surface area contributed by atoms with E-state index >= 15 is 0 Å². The van der Waals surface area contributed by atoms with Gasteiger partial charge in [-0.25, -0.2) is 0 Å². The molecule has 3 nitrogen and oxygen atoms in total. The van der Waals surface area contributed by atoms with Crippen LogP contribution in [0.15, 0.2) is 12.1 Å². The fourth-order valence-electron chi connectivity index (χ4n) is 2.51. The Bertz CT molecular complexity index is 429. The molecule has 2 unspecified atom stereocenters. The first-order chi connectivity index (χ1) is 9.08. The number of nitrogens with one attached hydrogen (secondary N) is 1. The van der Waals surface area contributed by atoms with Gasteiger partial charge in [0.15, 0.2) is 0 Å². The second kappa shape index (κ2) is 6.40. The first kappa shape index (κ1) is 14.4. The van der Waals surface area contributed by atoms with Gasteiger partial charge in [-0.15, -0.1) is 0 Å². The van der Waals surface area contributed by atoms with E-state index in [0.29, 0.717) is 6.04 Å². The van der Waals surface area contributed by atoms with Crippen LogP contribution in [0.2, 0.25) is 0 Å². The van der Waals surface area contributed by atoms with E-state index in [1.54, 1.807) is 0 Å². The molecule has 0 radical (unpaired) electrons. The number of rotatable bonds is 4. The molecule has 0 amide bonds. The monoisotopic (exact) mass is 263 g/mol. The summed E-state index contributed by atoms with van der Waals surface area (Å²) in [5.41, 5.74) is 3.86. The SMILES string of the molecule is Cc1cc2c(cc1C)C(NCCC(C)O)CCCO2. The standard InChI is InChI=1S/C16H25NO2/c1-11-9-14-15(17-7-6-13(3)18)5-4-8-19-16(14)10-12(11)2/h9-10,13,15,17-18H,4-8H2,1-3H3. The molecule has 0 fully saturated rings. The zero-order valence-electron chi connectivity index (χ0n) is 12.2.